The summed E-state index contributed by atoms with van der Waals surface area (Å²) in [4.78, 5) is 11.1. The van der Waals surface area contributed by atoms with Crippen molar-refractivity contribution in [2.24, 2.45) is 0 Å². The van der Waals surface area contributed by atoms with E-state index in [1.807, 2.05) is 30.3 Å². The number of carboxylic acids is 1. The minimum Gasteiger partial charge on any atom is -0.481 e. The average molecular weight is 411 g/mol. The number of aryl methyl sites for hydroxylation is 1. The van der Waals surface area contributed by atoms with Gasteiger partial charge in [-0.25, -0.2) is 17.9 Å². The molecule has 0 fully saturated rings. The number of hydrogen-bond donors (Lipinski definition) is 2. The van der Waals surface area contributed by atoms with Gasteiger partial charge in [0.15, 0.2) is 6.61 Å². The molecule has 0 aliphatic rings. The molecule has 0 aromatic heterocycles. The lowest BCUT2D eigenvalue weighted by molar-refractivity contribution is -0.139. The van der Waals surface area contributed by atoms with Gasteiger partial charge in [-0.3, -0.25) is 0 Å². The van der Waals surface area contributed by atoms with E-state index in [1.54, 1.807) is 49.4 Å². The molecule has 0 saturated heterocycles. The van der Waals surface area contributed by atoms with Crippen LogP contribution in [0.5, 0.6) is 5.75 Å². The molecule has 0 aliphatic carbocycles. The van der Waals surface area contributed by atoms with Crippen LogP contribution in [-0.2, 0) is 21.4 Å². The number of rotatable bonds is 8. The van der Waals surface area contributed by atoms with Crippen molar-refractivity contribution in [1.29, 1.82) is 0 Å². The van der Waals surface area contributed by atoms with Gasteiger partial charge in [-0.2, -0.15) is 0 Å². The molecule has 3 aromatic rings. The SMILES string of the molecule is Cc1ccccc1S(=O)(=O)NCc1ccc(OCC(=O)O)c(-c2ccccc2)c1. The van der Waals surface area contributed by atoms with Gasteiger partial charge in [0.2, 0.25) is 10.0 Å². The second-order valence-electron chi connectivity index (χ2n) is 6.47. The summed E-state index contributed by atoms with van der Waals surface area (Å²) < 4.78 is 33.3. The van der Waals surface area contributed by atoms with Crippen LogP contribution < -0.4 is 9.46 Å². The highest BCUT2D eigenvalue weighted by atomic mass is 32.2. The first-order chi connectivity index (χ1) is 13.9. The molecular formula is C22H21NO5S. The number of nitrogens with one attached hydrogen (secondary N) is 1. The molecule has 150 valence electrons. The van der Waals surface area contributed by atoms with E-state index in [1.165, 1.54) is 0 Å². The normalized spacial score (nSPS) is 11.2. The highest BCUT2D eigenvalue weighted by molar-refractivity contribution is 7.89. The minimum atomic E-state index is -3.66. The van der Waals surface area contributed by atoms with Gasteiger partial charge in [0.1, 0.15) is 5.75 Å². The van der Waals surface area contributed by atoms with E-state index in [2.05, 4.69) is 4.72 Å². The van der Waals surface area contributed by atoms with Crippen molar-refractivity contribution >= 4 is 16.0 Å². The van der Waals surface area contributed by atoms with Crippen LogP contribution in [0, 0.1) is 6.92 Å². The number of ether oxygens (including phenoxy) is 1. The lowest BCUT2D eigenvalue weighted by Gasteiger charge is -2.14. The molecule has 0 heterocycles. The molecule has 0 bridgehead atoms. The molecule has 0 radical (unpaired) electrons. The summed E-state index contributed by atoms with van der Waals surface area (Å²) in [6.45, 7) is 1.38. The van der Waals surface area contributed by atoms with Gasteiger partial charge in [-0.15, -0.1) is 0 Å². The Kier molecular flexibility index (Phi) is 6.31. The smallest absolute Gasteiger partial charge is 0.341 e. The largest absolute Gasteiger partial charge is 0.481 e. The maximum atomic E-state index is 12.6. The average Bonchev–Trinajstić information content (AvgIpc) is 2.72. The fraction of sp³-hybridized carbons (Fsp3) is 0.136. The first-order valence-electron chi connectivity index (χ1n) is 8.95. The van der Waals surface area contributed by atoms with Crippen molar-refractivity contribution in [2.45, 2.75) is 18.4 Å². The molecule has 0 aliphatic heterocycles. The van der Waals surface area contributed by atoms with E-state index in [4.69, 9.17) is 9.84 Å². The molecular weight excluding hydrogens is 390 g/mol. The minimum absolute atomic E-state index is 0.0930. The van der Waals surface area contributed by atoms with E-state index < -0.39 is 22.6 Å². The number of carboxylic acid groups (broad SMARTS) is 1. The number of carbonyl (C=O) groups is 1. The van der Waals surface area contributed by atoms with Crippen LogP contribution in [0.15, 0.2) is 77.7 Å². The summed E-state index contributed by atoms with van der Waals surface area (Å²) in [5.74, 6) is -0.650. The lowest BCUT2D eigenvalue weighted by Crippen LogP contribution is -2.24. The van der Waals surface area contributed by atoms with Crippen molar-refractivity contribution in [2.75, 3.05) is 6.61 Å². The lowest BCUT2D eigenvalue weighted by atomic mass is 10.0. The Bertz CT molecular complexity index is 1110. The van der Waals surface area contributed by atoms with Crippen molar-refractivity contribution in [1.82, 2.24) is 4.72 Å². The van der Waals surface area contributed by atoms with Crippen LogP contribution in [0.4, 0.5) is 0 Å². The van der Waals surface area contributed by atoms with Gasteiger partial charge >= 0.3 is 5.97 Å². The Morgan fingerprint density at radius 3 is 2.38 bits per heavy atom. The van der Waals surface area contributed by atoms with Crippen molar-refractivity contribution in [3.8, 4) is 16.9 Å². The third kappa shape index (κ3) is 5.22. The number of aliphatic carboxylic acids is 1. The van der Waals surface area contributed by atoms with Crippen molar-refractivity contribution in [3.05, 3.63) is 83.9 Å². The predicted molar refractivity (Wildman–Crippen MR) is 110 cm³/mol. The zero-order valence-electron chi connectivity index (χ0n) is 15.8. The first kappa shape index (κ1) is 20.6. The van der Waals surface area contributed by atoms with Crippen LogP contribution in [0.2, 0.25) is 0 Å². The first-order valence-corrected chi connectivity index (χ1v) is 10.4. The molecule has 0 unspecified atom stereocenters. The van der Waals surface area contributed by atoms with E-state index in [9.17, 15) is 13.2 Å². The van der Waals surface area contributed by atoms with Crippen LogP contribution >= 0.6 is 0 Å². The van der Waals surface area contributed by atoms with Gasteiger partial charge in [-0.05, 0) is 41.8 Å². The van der Waals surface area contributed by atoms with Gasteiger partial charge in [0.05, 0.1) is 4.90 Å². The summed E-state index contributed by atoms with van der Waals surface area (Å²) in [5, 5.41) is 8.89. The highest BCUT2D eigenvalue weighted by Gasteiger charge is 2.16. The van der Waals surface area contributed by atoms with Crippen LogP contribution in [-0.4, -0.2) is 26.1 Å². The Balaban J connectivity index is 1.87. The van der Waals surface area contributed by atoms with Gasteiger partial charge in [0, 0.05) is 12.1 Å². The Morgan fingerprint density at radius 1 is 1.00 bits per heavy atom. The fourth-order valence-corrected chi connectivity index (χ4v) is 4.17. The predicted octanol–water partition coefficient (Wildman–Crippen LogP) is 3.60. The summed E-state index contributed by atoms with van der Waals surface area (Å²) in [6.07, 6.45) is 0. The number of sulfonamides is 1. The second-order valence-corrected chi connectivity index (χ2v) is 8.20. The van der Waals surface area contributed by atoms with E-state index in [0.717, 1.165) is 11.1 Å². The summed E-state index contributed by atoms with van der Waals surface area (Å²) >= 11 is 0. The second kappa shape index (κ2) is 8.89. The third-order valence-electron chi connectivity index (χ3n) is 4.33. The monoisotopic (exact) mass is 411 g/mol. The molecule has 0 spiro atoms. The summed E-state index contributed by atoms with van der Waals surface area (Å²) in [5.41, 5.74) is 2.93. The Labute approximate surface area is 169 Å². The Hall–Kier alpha value is -3.16. The number of hydrogen-bond acceptors (Lipinski definition) is 4. The van der Waals surface area contributed by atoms with Crippen LogP contribution in [0.3, 0.4) is 0 Å². The van der Waals surface area contributed by atoms with Crippen LogP contribution in [0.25, 0.3) is 11.1 Å². The summed E-state index contributed by atoms with van der Waals surface area (Å²) in [6, 6.07) is 21.3. The Morgan fingerprint density at radius 2 is 1.69 bits per heavy atom. The van der Waals surface area contributed by atoms with E-state index in [-0.39, 0.29) is 11.4 Å². The maximum Gasteiger partial charge on any atom is 0.341 e. The van der Waals surface area contributed by atoms with Gasteiger partial charge in [0.25, 0.3) is 0 Å². The molecule has 0 amide bonds. The van der Waals surface area contributed by atoms with E-state index in [0.29, 0.717) is 16.9 Å². The quantitative estimate of drug-likeness (QED) is 0.591. The molecule has 2 N–H and O–H groups in total. The molecule has 0 atom stereocenters. The van der Waals surface area contributed by atoms with Crippen molar-refractivity contribution < 1.29 is 23.1 Å². The highest BCUT2D eigenvalue weighted by Crippen LogP contribution is 2.31. The van der Waals surface area contributed by atoms with E-state index >= 15 is 0 Å². The maximum absolute atomic E-state index is 12.6. The number of benzene rings is 3. The third-order valence-corrected chi connectivity index (χ3v) is 5.89. The zero-order chi connectivity index (χ0) is 20.9. The summed E-state index contributed by atoms with van der Waals surface area (Å²) in [7, 11) is -3.66. The zero-order valence-corrected chi connectivity index (χ0v) is 16.6. The standard InChI is InChI=1S/C22H21NO5S/c1-16-7-5-6-10-21(16)29(26,27)23-14-17-11-12-20(28-15-22(24)25)19(13-17)18-8-3-2-4-9-18/h2-13,23H,14-15H2,1H3,(H,24,25). The topological polar surface area (TPSA) is 92.7 Å². The van der Waals surface area contributed by atoms with Gasteiger partial charge in [-0.1, -0.05) is 54.6 Å². The van der Waals surface area contributed by atoms with Crippen molar-refractivity contribution in [3.63, 3.8) is 0 Å². The van der Waals surface area contributed by atoms with Gasteiger partial charge < -0.3 is 9.84 Å². The van der Waals surface area contributed by atoms with Crippen LogP contribution in [0.1, 0.15) is 11.1 Å². The molecule has 6 nitrogen and oxygen atoms in total. The fourth-order valence-electron chi connectivity index (χ4n) is 2.91. The molecule has 29 heavy (non-hydrogen) atoms. The molecule has 3 aromatic carbocycles. The molecule has 0 saturated carbocycles. The molecule has 7 heteroatoms. The molecule has 3 rings (SSSR count).